The van der Waals surface area contributed by atoms with Gasteiger partial charge < -0.3 is 5.32 Å². The molecule has 8 heteroatoms. The van der Waals surface area contributed by atoms with Crippen LogP contribution in [0.3, 0.4) is 0 Å². The predicted molar refractivity (Wildman–Crippen MR) is 88.6 cm³/mol. The summed E-state index contributed by atoms with van der Waals surface area (Å²) in [5, 5.41) is 24.2. The summed E-state index contributed by atoms with van der Waals surface area (Å²) in [6, 6.07) is 10.1. The standard InChI is InChI=1S/C16H13N3O5/c1-11-6-8-13(18(21)22)10-14(11)17-16(20)9-7-12-4-2-3-5-15(12)19(23)24/h2-10H,1H3,(H,17,20)/b9-7+. The zero-order valence-electron chi connectivity index (χ0n) is 12.6. The van der Waals surface area contributed by atoms with Crippen molar-refractivity contribution in [3.8, 4) is 0 Å². The van der Waals surface area contributed by atoms with Gasteiger partial charge in [0.2, 0.25) is 5.91 Å². The molecule has 1 N–H and O–H groups in total. The van der Waals surface area contributed by atoms with Crippen molar-refractivity contribution in [1.82, 2.24) is 0 Å². The fourth-order valence-corrected chi connectivity index (χ4v) is 1.99. The van der Waals surface area contributed by atoms with E-state index in [2.05, 4.69) is 5.32 Å². The van der Waals surface area contributed by atoms with Crippen LogP contribution in [0.4, 0.5) is 17.1 Å². The third-order valence-corrected chi connectivity index (χ3v) is 3.24. The smallest absolute Gasteiger partial charge is 0.276 e. The van der Waals surface area contributed by atoms with Crippen LogP contribution in [0.25, 0.3) is 6.08 Å². The number of amides is 1. The molecule has 0 saturated carbocycles. The zero-order chi connectivity index (χ0) is 17.7. The molecule has 0 aliphatic heterocycles. The second-order valence-corrected chi connectivity index (χ2v) is 4.89. The first-order chi connectivity index (χ1) is 11.4. The highest BCUT2D eigenvalue weighted by molar-refractivity contribution is 6.02. The molecule has 0 aromatic heterocycles. The van der Waals surface area contributed by atoms with E-state index in [-0.39, 0.29) is 16.9 Å². The largest absolute Gasteiger partial charge is 0.322 e. The van der Waals surface area contributed by atoms with E-state index in [9.17, 15) is 25.0 Å². The lowest BCUT2D eigenvalue weighted by Gasteiger charge is -2.06. The SMILES string of the molecule is Cc1ccc([N+](=O)[O-])cc1NC(=O)/C=C/c1ccccc1[N+](=O)[O-]. The number of carbonyl (C=O) groups excluding carboxylic acids is 1. The van der Waals surface area contributed by atoms with E-state index in [0.29, 0.717) is 11.3 Å². The fraction of sp³-hybridized carbons (Fsp3) is 0.0625. The number of carbonyl (C=O) groups is 1. The molecule has 0 unspecified atom stereocenters. The lowest BCUT2D eigenvalue weighted by atomic mass is 10.1. The first-order valence-electron chi connectivity index (χ1n) is 6.86. The molecule has 0 atom stereocenters. The molecule has 8 nitrogen and oxygen atoms in total. The van der Waals surface area contributed by atoms with Crippen LogP contribution in [0, 0.1) is 27.2 Å². The number of nitro benzene ring substituents is 2. The van der Waals surface area contributed by atoms with Gasteiger partial charge in [0.25, 0.3) is 11.4 Å². The van der Waals surface area contributed by atoms with Gasteiger partial charge in [0, 0.05) is 24.3 Å². The molecule has 2 rings (SSSR count). The molecule has 0 aliphatic rings. The Hall–Kier alpha value is -3.55. The molecule has 2 aromatic rings. The van der Waals surface area contributed by atoms with Gasteiger partial charge in [0.15, 0.2) is 0 Å². The fourth-order valence-electron chi connectivity index (χ4n) is 1.99. The number of nitro groups is 2. The first-order valence-corrected chi connectivity index (χ1v) is 6.86. The van der Waals surface area contributed by atoms with Gasteiger partial charge in [-0.05, 0) is 24.6 Å². The third kappa shape index (κ3) is 4.01. The molecule has 2 aromatic carbocycles. The van der Waals surface area contributed by atoms with E-state index in [1.807, 2.05) is 0 Å². The Balaban J connectivity index is 2.19. The van der Waals surface area contributed by atoms with E-state index in [1.165, 1.54) is 42.5 Å². The van der Waals surface area contributed by atoms with Crippen LogP contribution >= 0.6 is 0 Å². The summed E-state index contributed by atoms with van der Waals surface area (Å²) in [4.78, 5) is 32.6. The quantitative estimate of drug-likeness (QED) is 0.513. The van der Waals surface area contributed by atoms with Crippen LogP contribution in [0.15, 0.2) is 48.5 Å². The van der Waals surface area contributed by atoms with E-state index >= 15 is 0 Å². The Morgan fingerprint density at radius 3 is 2.46 bits per heavy atom. The number of hydrogen-bond acceptors (Lipinski definition) is 5. The van der Waals surface area contributed by atoms with Crippen LogP contribution in [-0.4, -0.2) is 15.8 Å². The lowest BCUT2D eigenvalue weighted by Crippen LogP contribution is -2.09. The number of rotatable bonds is 5. The van der Waals surface area contributed by atoms with Crippen LogP contribution in [0.2, 0.25) is 0 Å². The first kappa shape index (κ1) is 16.8. The zero-order valence-corrected chi connectivity index (χ0v) is 12.6. The maximum absolute atomic E-state index is 12.0. The molecular weight excluding hydrogens is 314 g/mol. The summed E-state index contributed by atoms with van der Waals surface area (Å²) in [7, 11) is 0. The van der Waals surface area contributed by atoms with Crippen molar-refractivity contribution >= 4 is 29.0 Å². The Kier molecular flexibility index (Phi) is 5.00. The molecule has 122 valence electrons. The van der Waals surface area contributed by atoms with Crippen molar-refractivity contribution in [2.75, 3.05) is 5.32 Å². The van der Waals surface area contributed by atoms with E-state index in [4.69, 9.17) is 0 Å². The van der Waals surface area contributed by atoms with Crippen LogP contribution < -0.4 is 5.32 Å². The predicted octanol–water partition coefficient (Wildman–Crippen LogP) is 3.46. The molecular formula is C16H13N3O5. The highest BCUT2D eigenvalue weighted by Crippen LogP contribution is 2.22. The van der Waals surface area contributed by atoms with Crippen LogP contribution in [-0.2, 0) is 4.79 Å². The number of para-hydroxylation sites is 1. The molecule has 24 heavy (non-hydrogen) atoms. The Labute approximate surface area is 136 Å². The van der Waals surface area contributed by atoms with E-state index < -0.39 is 15.8 Å². The second-order valence-electron chi connectivity index (χ2n) is 4.89. The molecule has 1 amide bonds. The van der Waals surface area contributed by atoms with Gasteiger partial charge in [-0.2, -0.15) is 0 Å². The number of non-ortho nitro benzene ring substituents is 1. The Morgan fingerprint density at radius 1 is 1.08 bits per heavy atom. The monoisotopic (exact) mass is 327 g/mol. The summed E-state index contributed by atoms with van der Waals surface area (Å²) in [5.41, 5.74) is 0.995. The van der Waals surface area contributed by atoms with Crippen molar-refractivity contribution in [3.05, 3.63) is 79.9 Å². The van der Waals surface area contributed by atoms with Crippen molar-refractivity contribution in [3.63, 3.8) is 0 Å². The minimum Gasteiger partial charge on any atom is -0.322 e. The second kappa shape index (κ2) is 7.14. The van der Waals surface area contributed by atoms with Crippen molar-refractivity contribution in [2.24, 2.45) is 0 Å². The number of hydrogen-bond donors (Lipinski definition) is 1. The molecule has 0 spiro atoms. The van der Waals surface area contributed by atoms with Crippen LogP contribution in [0.5, 0.6) is 0 Å². The van der Waals surface area contributed by atoms with Crippen molar-refractivity contribution < 1.29 is 14.6 Å². The summed E-state index contributed by atoms with van der Waals surface area (Å²) < 4.78 is 0. The highest BCUT2D eigenvalue weighted by atomic mass is 16.6. The van der Waals surface area contributed by atoms with Gasteiger partial charge in [0.1, 0.15) is 0 Å². The van der Waals surface area contributed by atoms with Gasteiger partial charge >= 0.3 is 0 Å². The minimum atomic E-state index is -0.557. The van der Waals surface area contributed by atoms with Gasteiger partial charge in [-0.15, -0.1) is 0 Å². The summed E-state index contributed by atoms with van der Waals surface area (Å²) in [6.07, 6.45) is 2.46. The summed E-state index contributed by atoms with van der Waals surface area (Å²) in [5.74, 6) is -0.545. The van der Waals surface area contributed by atoms with Gasteiger partial charge in [-0.25, -0.2) is 0 Å². The number of nitrogens with one attached hydrogen (secondary N) is 1. The molecule has 0 radical (unpaired) electrons. The minimum absolute atomic E-state index is 0.118. The van der Waals surface area contributed by atoms with Gasteiger partial charge in [-0.1, -0.05) is 18.2 Å². The molecule has 0 fully saturated rings. The summed E-state index contributed by atoms with van der Waals surface area (Å²) in [6.45, 7) is 1.70. The molecule has 0 heterocycles. The third-order valence-electron chi connectivity index (χ3n) is 3.24. The Bertz CT molecular complexity index is 845. The Morgan fingerprint density at radius 2 is 1.79 bits per heavy atom. The lowest BCUT2D eigenvalue weighted by molar-refractivity contribution is -0.385. The van der Waals surface area contributed by atoms with Crippen molar-refractivity contribution in [2.45, 2.75) is 6.92 Å². The molecule has 0 aliphatic carbocycles. The van der Waals surface area contributed by atoms with Gasteiger partial charge in [0.05, 0.1) is 21.1 Å². The van der Waals surface area contributed by atoms with Gasteiger partial charge in [-0.3, -0.25) is 25.0 Å². The maximum Gasteiger partial charge on any atom is 0.276 e. The van der Waals surface area contributed by atoms with Crippen LogP contribution in [0.1, 0.15) is 11.1 Å². The summed E-state index contributed by atoms with van der Waals surface area (Å²) >= 11 is 0. The number of benzene rings is 2. The number of aryl methyl sites for hydroxylation is 1. The maximum atomic E-state index is 12.0. The van der Waals surface area contributed by atoms with Crippen molar-refractivity contribution in [1.29, 1.82) is 0 Å². The molecule has 0 bridgehead atoms. The molecule has 0 saturated heterocycles. The average Bonchev–Trinajstić information content (AvgIpc) is 2.55. The normalized spacial score (nSPS) is 10.5. The topological polar surface area (TPSA) is 115 Å². The highest BCUT2D eigenvalue weighted by Gasteiger charge is 2.11. The average molecular weight is 327 g/mol. The van der Waals surface area contributed by atoms with E-state index in [0.717, 1.165) is 6.08 Å². The number of anilines is 1. The van der Waals surface area contributed by atoms with E-state index in [1.54, 1.807) is 13.0 Å². The number of nitrogens with zero attached hydrogens (tertiary/aromatic N) is 2.